The maximum Gasteiger partial charge on any atom is 0.437 e. The number of nitrogens with one attached hydrogen (secondary N) is 3. The van der Waals surface area contributed by atoms with E-state index in [0.717, 1.165) is 4.90 Å². The molecule has 2 aliphatic carbocycles. The molecule has 1 aromatic carbocycles. The fourth-order valence-corrected chi connectivity index (χ4v) is 9.32. The third-order valence-corrected chi connectivity index (χ3v) is 13.7. The van der Waals surface area contributed by atoms with Crippen LogP contribution in [-0.2, 0) is 37.0 Å². The van der Waals surface area contributed by atoms with Crippen molar-refractivity contribution in [3.8, 4) is 11.5 Å². The maximum atomic E-state index is 14.6. The molecule has 19 heteroatoms. The monoisotopic (exact) mass is 795 g/mol. The molecule has 4 N–H and O–H groups in total. The molecule has 2 aromatic rings. The molecule has 3 aliphatic heterocycles. The first-order valence-corrected chi connectivity index (χ1v) is 19.7. The van der Waals surface area contributed by atoms with Gasteiger partial charge in [-0.2, -0.15) is 13.2 Å². The van der Waals surface area contributed by atoms with Gasteiger partial charge in [0.2, 0.25) is 28.7 Å². The largest absolute Gasteiger partial charge is 0.483 e. The van der Waals surface area contributed by atoms with Crippen molar-refractivity contribution >= 4 is 44.7 Å². The molecule has 298 valence electrons. The van der Waals surface area contributed by atoms with Gasteiger partial charge in [0.05, 0.1) is 16.8 Å². The highest BCUT2D eigenvalue weighted by Crippen LogP contribution is 2.50. The standard InChI is InChI=1S/C36H41F4N5O9S/c1-33(13-14-33)55(51,52)44-31(48)35-16-20(35)7-5-3-2-4-6-8-25(42-32(49)50)30(47)45-18-34(17-26(45)29(46)43-35)12-11-22-23-15-21(53-19-37)9-10-24(23)41-28(27(22)54-34)36(38,39)40/h5,7,9-10,15,20,25-26,42H,2-4,6,8,11-14,16-19H2,1H3,(H,43,46)(H,44,48)(H,49,50)/b7-5-/t20-,25+,26+,34-,35-/m1/s1. The van der Waals surface area contributed by atoms with E-state index in [1.165, 1.54) is 25.1 Å². The summed E-state index contributed by atoms with van der Waals surface area (Å²) in [5.41, 5.74) is -4.57. The van der Waals surface area contributed by atoms with E-state index in [1.54, 1.807) is 6.08 Å². The molecule has 0 bridgehead atoms. The van der Waals surface area contributed by atoms with Crippen molar-refractivity contribution in [2.75, 3.05) is 13.4 Å². The summed E-state index contributed by atoms with van der Waals surface area (Å²) in [6, 6.07) is 1.13. The van der Waals surface area contributed by atoms with Gasteiger partial charge >= 0.3 is 12.3 Å². The number of rotatable bonds is 6. The van der Waals surface area contributed by atoms with Crippen LogP contribution in [0.15, 0.2) is 30.4 Å². The molecule has 4 amide bonds. The lowest BCUT2D eigenvalue weighted by atomic mass is 9.87. The van der Waals surface area contributed by atoms with Crippen LogP contribution in [0.25, 0.3) is 10.9 Å². The second-order valence-corrected chi connectivity index (χ2v) is 17.6. The van der Waals surface area contributed by atoms with Crippen molar-refractivity contribution in [2.45, 2.75) is 112 Å². The molecule has 4 heterocycles. The average molecular weight is 796 g/mol. The Hall–Kier alpha value is -4.68. The normalized spacial score (nSPS) is 29.7. The summed E-state index contributed by atoms with van der Waals surface area (Å²) in [4.78, 5) is 59.3. The van der Waals surface area contributed by atoms with Gasteiger partial charge in [-0.1, -0.05) is 25.0 Å². The Morgan fingerprint density at radius 2 is 1.91 bits per heavy atom. The van der Waals surface area contributed by atoms with E-state index in [1.807, 2.05) is 6.08 Å². The number of hydrogen-bond donors (Lipinski definition) is 4. The van der Waals surface area contributed by atoms with Gasteiger partial charge in [0, 0.05) is 23.3 Å². The Kier molecular flexibility index (Phi) is 9.69. The summed E-state index contributed by atoms with van der Waals surface area (Å²) in [6.45, 7) is -0.0946. The number of amides is 4. The lowest BCUT2D eigenvalue weighted by Crippen LogP contribution is -2.58. The number of fused-ring (bicyclic) bond motifs is 5. The van der Waals surface area contributed by atoms with E-state index in [-0.39, 0.29) is 54.3 Å². The second-order valence-electron chi connectivity index (χ2n) is 15.4. The van der Waals surface area contributed by atoms with Gasteiger partial charge in [-0.25, -0.2) is 22.6 Å². The van der Waals surface area contributed by atoms with Crippen molar-refractivity contribution in [3.05, 3.63) is 41.6 Å². The van der Waals surface area contributed by atoms with Crippen LogP contribution in [0.5, 0.6) is 11.5 Å². The van der Waals surface area contributed by atoms with Gasteiger partial charge in [-0.15, -0.1) is 0 Å². The predicted molar refractivity (Wildman–Crippen MR) is 186 cm³/mol. The topological polar surface area (TPSA) is 193 Å². The fourth-order valence-electron chi connectivity index (χ4n) is 8.00. The van der Waals surface area contributed by atoms with E-state index in [2.05, 4.69) is 20.3 Å². The van der Waals surface area contributed by atoms with Crippen LogP contribution < -0.4 is 24.8 Å². The van der Waals surface area contributed by atoms with Crippen LogP contribution in [-0.4, -0.2) is 88.6 Å². The number of hydrogen-bond acceptors (Lipinski definition) is 9. The summed E-state index contributed by atoms with van der Waals surface area (Å²) in [5, 5.41) is 14.8. The van der Waals surface area contributed by atoms with Gasteiger partial charge in [-0.05, 0) is 76.5 Å². The van der Waals surface area contributed by atoms with Crippen molar-refractivity contribution in [1.82, 2.24) is 25.2 Å². The Balaban J connectivity index is 1.27. The van der Waals surface area contributed by atoms with Crippen LogP contribution in [0.2, 0.25) is 0 Å². The molecule has 1 saturated heterocycles. The zero-order valence-corrected chi connectivity index (χ0v) is 30.7. The van der Waals surface area contributed by atoms with Crippen LogP contribution in [0.4, 0.5) is 22.4 Å². The van der Waals surface area contributed by atoms with E-state index in [9.17, 15) is 50.3 Å². The Morgan fingerprint density at radius 1 is 1.15 bits per heavy atom. The SMILES string of the molecule is CC1(S(=O)(=O)NC(=O)[C@@]23C[C@H]2/C=C\CCCCC[C@H](NC(=O)O)C(=O)N2C[C@@]4(CCc5c(c(C(F)(F)F)nc6ccc(OCF)cc56)O4)C[C@H]2C(=O)N3)CC1. The molecule has 5 aliphatic rings. The van der Waals surface area contributed by atoms with E-state index in [0.29, 0.717) is 38.5 Å². The van der Waals surface area contributed by atoms with Crippen LogP contribution >= 0.6 is 0 Å². The maximum absolute atomic E-state index is 14.6. The zero-order valence-electron chi connectivity index (χ0n) is 29.8. The summed E-state index contributed by atoms with van der Waals surface area (Å²) in [5.74, 6) is -3.81. The van der Waals surface area contributed by atoms with Crippen LogP contribution in [0.3, 0.4) is 0 Å². The fraction of sp³-hybridized carbons (Fsp3) is 0.583. The van der Waals surface area contributed by atoms with Gasteiger partial charge in [0.1, 0.15) is 29.0 Å². The van der Waals surface area contributed by atoms with E-state index >= 15 is 0 Å². The molecule has 1 aromatic heterocycles. The molecule has 0 unspecified atom stereocenters. The number of sulfonamides is 1. The number of carbonyl (C=O) groups is 4. The minimum Gasteiger partial charge on any atom is -0.483 e. The molecule has 2 saturated carbocycles. The highest BCUT2D eigenvalue weighted by molar-refractivity contribution is 7.91. The smallest absolute Gasteiger partial charge is 0.437 e. The minimum atomic E-state index is -5.00. The number of nitrogens with zero attached hydrogens (tertiary/aromatic N) is 2. The number of carboxylic acid groups (broad SMARTS) is 1. The number of halogens is 4. The highest BCUT2D eigenvalue weighted by Gasteiger charge is 2.64. The number of carbonyl (C=O) groups excluding carboxylic acids is 3. The molecule has 1 spiro atoms. The molecular weight excluding hydrogens is 754 g/mol. The van der Waals surface area contributed by atoms with Crippen molar-refractivity contribution in [1.29, 1.82) is 0 Å². The number of aromatic nitrogens is 1. The summed E-state index contributed by atoms with van der Waals surface area (Å²) in [6.07, 6.45) is -0.236. The average Bonchev–Trinajstić information content (AvgIpc) is 4.01. The Bertz CT molecular complexity index is 2080. The molecule has 5 atom stereocenters. The first-order valence-electron chi connectivity index (χ1n) is 18.2. The number of allylic oxidation sites excluding steroid dienone is 1. The first kappa shape index (κ1) is 38.6. The highest BCUT2D eigenvalue weighted by atomic mass is 32.2. The summed E-state index contributed by atoms with van der Waals surface area (Å²) >= 11 is 0. The summed E-state index contributed by atoms with van der Waals surface area (Å²) < 4.78 is 95.2. The number of pyridine rings is 1. The quantitative estimate of drug-likeness (QED) is 0.243. The van der Waals surface area contributed by atoms with Crippen LogP contribution in [0, 0.1) is 5.92 Å². The predicted octanol–water partition coefficient (Wildman–Crippen LogP) is 4.25. The van der Waals surface area contributed by atoms with Crippen molar-refractivity contribution in [3.63, 3.8) is 0 Å². The van der Waals surface area contributed by atoms with Gasteiger partial charge in [0.15, 0.2) is 11.4 Å². The second kappa shape index (κ2) is 13.8. The Labute approximate surface area is 313 Å². The van der Waals surface area contributed by atoms with Gasteiger partial charge < -0.3 is 30.1 Å². The minimum absolute atomic E-state index is 0.00299. The van der Waals surface area contributed by atoms with E-state index in [4.69, 9.17) is 9.47 Å². The zero-order chi connectivity index (χ0) is 39.6. The van der Waals surface area contributed by atoms with Gasteiger partial charge in [-0.3, -0.25) is 19.1 Å². The number of alkyl halides is 4. The molecule has 14 nitrogen and oxygen atoms in total. The molecular formula is C36H41F4N5O9S. The number of ether oxygens (including phenoxy) is 2. The summed E-state index contributed by atoms with van der Waals surface area (Å²) in [7, 11) is -4.11. The molecule has 3 fully saturated rings. The van der Waals surface area contributed by atoms with Crippen molar-refractivity contribution in [2.24, 2.45) is 5.92 Å². The van der Waals surface area contributed by atoms with Crippen LogP contribution in [0.1, 0.15) is 82.4 Å². The first-order chi connectivity index (χ1) is 25.9. The van der Waals surface area contributed by atoms with E-state index < -0.39 is 98.8 Å². The molecule has 0 radical (unpaired) electrons. The lowest BCUT2D eigenvalue weighted by Gasteiger charge is -2.37. The Morgan fingerprint density at radius 3 is 2.60 bits per heavy atom. The third-order valence-electron chi connectivity index (χ3n) is 11.6. The van der Waals surface area contributed by atoms with Gasteiger partial charge in [0.25, 0.3) is 5.91 Å². The number of aryl methyl sites for hydroxylation is 1. The van der Waals surface area contributed by atoms with Crippen molar-refractivity contribution < 1.29 is 59.7 Å². The molecule has 7 rings (SSSR count). The molecule has 55 heavy (non-hydrogen) atoms. The third kappa shape index (κ3) is 7.26. The number of benzene rings is 1. The lowest BCUT2D eigenvalue weighted by molar-refractivity contribution is -0.144.